The summed E-state index contributed by atoms with van der Waals surface area (Å²) < 4.78 is 11.2. The standard InChI is InChI=1S/C18H18N2O5/c21-17(16-9-12(18(22)23)6-7-19-16)20-13-3-1-4-14(10-13)25-11-15-5-2-8-24-15/h1,3-4,6-7,9-10,15H,2,5,8,11H2,(H,20,21)(H,22,23). The molecule has 3 rings (SSSR count). The highest BCUT2D eigenvalue weighted by molar-refractivity contribution is 6.04. The van der Waals surface area contributed by atoms with E-state index in [0.29, 0.717) is 18.0 Å². The van der Waals surface area contributed by atoms with Crippen molar-refractivity contribution in [3.63, 3.8) is 0 Å². The Hall–Kier alpha value is -2.93. The smallest absolute Gasteiger partial charge is 0.335 e. The zero-order valence-corrected chi connectivity index (χ0v) is 13.5. The van der Waals surface area contributed by atoms with Crippen LogP contribution >= 0.6 is 0 Å². The van der Waals surface area contributed by atoms with Crippen molar-refractivity contribution in [2.24, 2.45) is 0 Å². The highest BCUT2D eigenvalue weighted by Gasteiger charge is 2.16. The fourth-order valence-corrected chi connectivity index (χ4v) is 2.51. The minimum Gasteiger partial charge on any atom is -0.491 e. The number of aromatic nitrogens is 1. The third-order valence-corrected chi connectivity index (χ3v) is 3.79. The van der Waals surface area contributed by atoms with Crippen molar-refractivity contribution in [3.05, 3.63) is 53.9 Å². The van der Waals surface area contributed by atoms with Crippen molar-refractivity contribution in [1.29, 1.82) is 0 Å². The Bertz CT molecular complexity index is 772. The first-order valence-electron chi connectivity index (χ1n) is 7.97. The van der Waals surface area contributed by atoms with Gasteiger partial charge in [0, 0.05) is 24.6 Å². The summed E-state index contributed by atoms with van der Waals surface area (Å²) >= 11 is 0. The molecule has 1 unspecified atom stereocenters. The van der Waals surface area contributed by atoms with Crippen LogP contribution in [0.4, 0.5) is 5.69 Å². The molecule has 130 valence electrons. The van der Waals surface area contributed by atoms with E-state index < -0.39 is 11.9 Å². The van der Waals surface area contributed by atoms with Crippen molar-refractivity contribution in [2.45, 2.75) is 18.9 Å². The molecule has 1 saturated heterocycles. The molecule has 0 radical (unpaired) electrons. The summed E-state index contributed by atoms with van der Waals surface area (Å²) in [4.78, 5) is 27.1. The molecule has 25 heavy (non-hydrogen) atoms. The number of ether oxygens (including phenoxy) is 2. The van der Waals surface area contributed by atoms with Crippen molar-refractivity contribution < 1.29 is 24.2 Å². The number of carbonyl (C=O) groups is 2. The van der Waals surface area contributed by atoms with Crippen molar-refractivity contribution >= 4 is 17.6 Å². The van der Waals surface area contributed by atoms with Crippen LogP contribution in [0.3, 0.4) is 0 Å². The Morgan fingerprint density at radius 3 is 2.96 bits per heavy atom. The first kappa shape index (κ1) is 16.9. The minimum absolute atomic E-state index is 0.00815. The van der Waals surface area contributed by atoms with Crippen molar-refractivity contribution in [3.8, 4) is 5.75 Å². The normalized spacial score (nSPS) is 16.4. The van der Waals surface area contributed by atoms with Crippen LogP contribution in [0.15, 0.2) is 42.6 Å². The maximum absolute atomic E-state index is 12.2. The molecule has 7 nitrogen and oxygen atoms in total. The number of aromatic carboxylic acids is 1. The molecule has 1 aliphatic heterocycles. The van der Waals surface area contributed by atoms with Gasteiger partial charge < -0.3 is 19.9 Å². The number of anilines is 1. The molecular formula is C18H18N2O5. The second-order valence-corrected chi connectivity index (χ2v) is 5.66. The Morgan fingerprint density at radius 2 is 2.20 bits per heavy atom. The van der Waals surface area contributed by atoms with Gasteiger partial charge >= 0.3 is 5.97 Å². The first-order valence-corrected chi connectivity index (χ1v) is 7.97. The second kappa shape index (κ2) is 7.76. The fraction of sp³-hybridized carbons (Fsp3) is 0.278. The molecule has 7 heteroatoms. The topological polar surface area (TPSA) is 97.8 Å². The monoisotopic (exact) mass is 342 g/mol. The first-order chi connectivity index (χ1) is 12.1. The molecule has 0 aliphatic carbocycles. The van der Waals surface area contributed by atoms with Gasteiger partial charge in [0.1, 0.15) is 18.1 Å². The summed E-state index contributed by atoms with van der Waals surface area (Å²) in [6.07, 6.45) is 3.44. The van der Waals surface area contributed by atoms with Crippen molar-refractivity contribution in [2.75, 3.05) is 18.5 Å². The number of rotatable bonds is 6. The van der Waals surface area contributed by atoms with Crippen LogP contribution in [0.2, 0.25) is 0 Å². The van der Waals surface area contributed by atoms with Gasteiger partial charge in [0.2, 0.25) is 0 Å². The number of nitrogens with one attached hydrogen (secondary N) is 1. The van der Waals surface area contributed by atoms with Crippen LogP contribution < -0.4 is 10.1 Å². The number of nitrogens with zero attached hydrogens (tertiary/aromatic N) is 1. The summed E-state index contributed by atoms with van der Waals surface area (Å²) in [6, 6.07) is 9.55. The zero-order chi connectivity index (χ0) is 17.6. The van der Waals surface area contributed by atoms with Crippen molar-refractivity contribution in [1.82, 2.24) is 4.98 Å². The molecule has 2 heterocycles. The van der Waals surface area contributed by atoms with E-state index in [1.807, 2.05) is 0 Å². The lowest BCUT2D eigenvalue weighted by atomic mass is 10.2. The van der Waals surface area contributed by atoms with E-state index in [0.717, 1.165) is 19.4 Å². The van der Waals surface area contributed by atoms with Gasteiger partial charge in [-0.25, -0.2) is 4.79 Å². The molecule has 0 saturated carbocycles. The molecule has 1 amide bonds. The number of carboxylic acid groups (broad SMARTS) is 1. The lowest BCUT2D eigenvalue weighted by molar-refractivity contribution is 0.0679. The molecule has 1 aliphatic rings. The number of carboxylic acids is 1. The molecule has 2 N–H and O–H groups in total. The molecule has 0 spiro atoms. The van der Waals surface area contributed by atoms with Gasteiger partial charge in [0.25, 0.3) is 5.91 Å². The van der Waals surface area contributed by atoms with Gasteiger partial charge in [-0.15, -0.1) is 0 Å². The van der Waals surface area contributed by atoms with E-state index >= 15 is 0 Å². The van der Waals surface area contributed by atoms with Crippen LogP contribution in [-0.4, -0.2) is 41.3 Å². The largest absolute Gasteiger partial charge is 0.491 e. The van der Waals surface area contributed by atoms with E-state index in [2.05, 4.69) is 10.3 Å². The number of amides is 1. The highest BCUT2D eigenvalue weighted by atomic mass is 16.5. The average molecular weight is 342 g/mol. The van der Waals surface area contributed by atoms with Gasteiger partial charge in [0.05, 0.1) is 11.7 Å². The summed E-state index contributed by atoms with van der Waals surface area (Å²) in [6.45, 7) is 1.24. The number of hydrogen-bond acceptors (Lipinski definition) is 5. The second-order valence-electron chi connectivity index (χ2n) is 5.66. The van der Waals surface area contributed by atoms with E-state index in [4.69, 9.17) is 14.6 Å². The number of pyridine rings is 1. The Labute approximate surface area is 144 Å². The third kappa shape index (κ3) is 4.54. The molecule has 0 bridgehead atoms. The van der Waals surface area contributed by atoms with Crippen LogP contribution in [0.25, 0.3) is 0 Å². The molecular weight excluding hydrogens is 324 g/mol. The summed E-state index contributed by atoms with van der Waals surface area (Å²) in [5.41, 5.74) is 0.580. The fourth-order valence-electron chi connectivity index (χ4n) is 2.51. The van der Waals surface area contributed by atoms with Crippen LogP contribution in [-0.2, 0) is 4.74 Å². The van der Waals surface area contributed by atoms with Crippen LogP contribution in [0.1, 0.15) is 33.7 Å². The van der Waals surface area contributed by atoms with Gasteiger partial charge in [0.15, 0.2) is 0 Å². The number of benzene rings is 1. The summed E-state index contributed by atoms with van der Waals surface area (Å²) in [5.74, 6) is -0.971. The molecule has 2 aromatic rings. The molecule has 1 aromatic heterocycles. The highest BCUT2D eigenvalue weighted by Crippen LogP contribution is 2.20. The Morgan fingerprint density at radius 1 is 1.32 bits per heavy atom. The van der Waals surface area contributed by atoms with Gasteiger partial charge in [-0.05, 0) is 37.1 Å². The SMILES string of the molecule is O=C(O)c1ccnc(C(=O)Nc2cccc(OCC3CCCO3)c2)c1. The molecule has 1 atom stereocenters. The molecule has 1 aromatic carbocycles. The van der Waals surface area contributed by atoms with E-state index in [-0.39, 0.29) is 17.4 Å². The number of hydrogen-bond donors (Lipinski definition) is 2. The number of carbonyl (C=O) groups excluding carboxylic acids is 1. The Balaban J connectivity index is 1.63. The lowest BCUT2D eigenvalue weighted by Crippen LogP contribution is -2.17. The predicted molar refractivity (Wildman–Crippen MR) is 90.1 cm³/mol. The van der Waals surface area contributed by atoms with Gasteiger partial charge in [-0.1, -0.05) is 6.07 Å². The van der Waals surface area contributed by atoms with Crippen LogP contribution in [0, 0.1) is 0 Å². The zero-order valence-electron chi connectivity index (χ0n) is 13.5. The van der Waals surface area contributed by atoms with Gasteiger partial charge in [-0.3, -0.25) is 9.78 Å². The summed E-state index contributed by atoms with van der Waals surface area (Å²) in [5, 5.41) is 11.7. The molecule has 1 fully saturated rings. The maximum Gasteiger partial charge on any atom is 0.335 e. The summed E-state index contributed by atoms with van der Waals surface area (Å²) in [7, 11) is 0. The Kier molecular flexibility index (Phi) is 5.25. The van der Waals surface area contributed by atoms with E-state index in [1.165, 1.54) is 18.3 Å². The quantitative estimate of drug-likeness (QED) is 0.837. The van der Waals surface area contributed by atoms with E-state index in [9.17, 15) is 9.59 Å². The lowest BCUT2D eigenvalue weighted by Gasteiger charge is -2.12. The maximum atomic E-state index is 12.2. The van der Waals surface area contributed by atoms with E-state index in [1.54, 1.807) is 24.3 Å². The minimum atomic E-state index is -1.11. The van der Waals surface area contributed by atoms with Gasteiger partial charge in [-0.2, -0.15) is 0 Å². The third-order valence-electron chi connectivity index (χ3n) is 3.79. The van der Waals surface area contributed by atoms with Crippen LogP contribution in [0.5, 0.6) is 5.75 Å². The predicted octanol–water partition coefficient (Wildman–Crippen LogP) is 2.59. The average Bonchev–Trinajstić information content (AvgIpc) is 3.14.